The van der Waals surface area contributed by atoms with Crippen LogP contribution in [0.4, 0.5) is 0 Å². The average molecular weight is 297 g/mol. The highest BCUT2D eigenvalue weighted by molar-refractivity contribution is 5.95. The van der Waals surface area contributed by atoms with Gasteiger partial charge >= 0.3 is 11.9 Å². The van der Waals surface area contributed by atoms with Crippen molar-refractivity contribution in [3.8, 4) is 0 Å². The number of ether oxygens (including phenoxy) is 1. The van der Waals surface area contributed by atoms with Crippen LogP contribution in [-0.4, -0.2) is 45.9 Å². The number of amides is 1. The van der Waals surface area contributed by atoms with Gasteiger partial charge in [0, 0.05) is 13.5 Å². The van der Waals surface area contributed by atoms with E-state index >= 15 is 0 Å². The minimum absolute atomic E-state index is 0.0355. The maximum atomic E-state index is 12.1. The van der Waals surface area contributed by atoms with Crippen LogP contribution in [0.2, 0.25) is 0 Å². The molecule has 0 aliphatic carbocycles. The van der Waals surface area contributed by atoms with Crippen molar-refractivity contribution >= 4 is 17.8 Å². The van der Waals surface area contributed by atoms with Gasteiger partial charge in [0.2, 0.25) is 0 Å². The molecule has 1 atom stereocenters. The lowest BCUT2D eigenvalue weighted by atomic mass is 10.1. The Morgan fingerprint density at radius 1 is 1.48 bits per heavy atom. The number of rotatable bonds is 7. The Kier molecular flexibility index (Phi) is 5.89. The van der Waals surface area contributed by atoms with Crippen LogP contribution in [0, 0.1) is 0 Å². The number of carbonyl (C=O) groups is 3. The third kappa shape index (κ3) is 4.59. The first-order valence-corrected chi connectivity index (χ1v) is 6.52. The number of aromatic nitrogens is 2. The molecule has 0 fully saturated rings. The highest BCUT2D eigenvalue weighted by atomic mass is 16.5. The van der Waals surface area contributed by atoms with Crippen molar-refractivity contribution in [1.82, 2.24) is 15.1 Å². The fourth-order valence-corrected chi connectivity index (χ4v) is 1.77. The zero-order chi connectivity index (χ0) is 16.0. The predicted molar refractivity (Wildman–Crippen MR) is 72.7 cm³/mol. The smallest absolute Gasteiger partial charge is 0.326 e. The molecule has 0 saturated heterocycles. The van der Waals surface area contributed by atoms with E-state index in [0.717, 1.165) is 5.69 Å². The van der Waals surface area contributed by atoms with Crippen LogP contribution >= 0.6 is 0 Å². The van der Waals surface area contributed by atoms with E-state index in [1.807, 2.05) is 6.92 Å². The first kappa shape index (κ1) is 16.7. The van der Waals surface area contributed by atoms with Gasteiger partial charge in [-0.2, -0.15) is 5.10 Å². The van der Waals surface area contributed by atoms with Crippen molar-refractivity contribution in [2.75, 3.05) is 7.11 Å². The van der Waals surface area contributed by atoms with Crippen LogP contribution in [0.3, 0.4) is 0 Å². The first-order valence-electron chi connectivity index (χ1n) is 6.52. The van der Waals surface area contributed by atoms with E-state index in [1.54, 1.807) is 13.1 Å². The fourth-order valence-electron chi connectivity index (χ4n) is 1.77. The summed E-state index contributed by atoms with van der Waals surface area (Å²) >= 11 is 0. The Bertz CT molecular complexity index is 538. The molecule has 0 aromatic carbocycles. The average Bonchev–Trinajstić information content (AvgIpc) is 2.83. The minimum atomic E-state index is -1.20. The molecule has 8 nitrogen and oxygen atoms in total. The quantitative estimate of drug-likeness (QED) is 0.692. The molecule has 2 N–H and O–H groups in total. The topological polar surface area (TPSA) is 111 Å². The van der Waals surface area contributed by atoms with Crippen LogP contribution in [-0.2, 0) is 27.8 Å². The van der Waals surface area contributed by atoms with E-state index in [9.17, 15) is 14.4 Å². The van der Waals surface area contributed by atoms with Crippen LogP contribution in [0.15, 0.2) is 6.07 Å². The summed E-state index contributed by atoms with van der Waals surface area (Å²) in [6.45, 7) is 1.90. The van der Waals surface area contributed by atoms with E-state index in [2.05, 4.69) is 15.2 Å². The Morgan fingerprint density at radius 2 is 2.14 bits per heavy atom. The van der Waals surface area contributed by atoms with Gasteiger partial charge in [-0.15, -0.1) is 0 Å². The molecule has 0 unspecified atom stereocenters. The third-order valence-corrected chi connectivity index (χ3v) is 2.99. The molecular formula is C13H19N3O5. The first-order chi connectivity index (χ1) is 9.88. The van der Waals surface area contributed by atoms with E-state index in [4.69, 9.17) is 5.11 Å². The Balaban J connectivity index is 2.74. The minimum Gasteiger partial charge on any atom is -0.480 e. The molecule has 8 heteroatoms. The zero-order valence-corrected chi connectivity index (χ0v) is 12.3. The second-order valence-electron chi connectivity index (χ2n) is 4.48. The fraction of sp³-hybridized carbons (Fsp3) is 0.538. The van der Waals surface area contributed by atoms with Gasteiger partial charge in [0.05, 0.1) is 12.8 Å². The lowest BCUT2D eigenvalue weighted by Crippen LogP contribution is -2.41. The lowest BCUT2D eigenvalue weighted by Gasteiger charge is -2.13. The molecule has 1 amide bonds. The van der Waals surface area contributed by atoms with Gasteiger partial charge in [-0.1, -0.05) is 6.92 Å². The number of carboxylic acid groups (broad SMARTS) is 1. The number of aryl methyl sites for hydroxylation is 2. The number of esters is 1. The largest absolute Gasteiger partial charge is 0.480 e. The summed E-state index contributed by atoms with van der Waals surface area (Å²) in [7, 11) is 2.83. The van der Waals surface area contributed by atoms with Gasteiger partial charge in [0.1, 0.15) is 11.7 Å². The molecule has 0 spiro atoms. The number of nitrogens with one attached hydrogen (secondary N) is 1. The summed E-state index contributed by atoms with van der Waals surface area (Å²) in [6.07, 6.45) is 0.553. The van der Waals surface area contributed by atoms with Gasteiger partial charge in [-0.05, 0) is 18.9 Å². The van der Waals surface area contributed by atoms with E-state index in [0.29, 0.717) is 6.42 Å². The maximum absolute atomic E-state index is 12.1. The third-order valence-electron chi connectivity index (χ3n) is 2.99. The van der Waals surface area contributed by atoms with Gasteiger partial charge in [-0.3, -0.25) is 14.3 Å². The summed E-state index contributed by atoms with van der Waals surface area (Å²) in [4.78, 5) is 34.2. The number of hydrogen-bond acceptors (Lipinski definition) is 5. The van der Waals surface area contributed by atoms with E-state index < -0.39 is 23.9 Å². The number of methoxy groups -OCH3 is 1. The zero-order valence-electron chi connectivity index (χ0n) is 12.3. The van der Waals surface area contributed by atoms with Crippen LogP contribution in [0.1, 0.15) is 35.9 Å². The predicted octanol–water partition coefficient (Wildman–Crippen LogP) is 0.119. The second-order valence-corrected chi connectivity index (χ2v) is 4.48. The highest BCUT2D eigenvalue weighted by Gasteiger charge is 2.23. The number of nitrogens with zero attached hydrogens (tertiary/aromatic N) is 2. The van der Waals surface area contributed by atoms with E-state index in [-0.39, 0.29) is 18.5 Å². The molecule has 0 radical (unpaired) electrons. The number of aliphatic carboxylic acids is 1. The van der Waals surface area contributed by atoms with Crippen LogP contribution in [0.5, 0.6) is 0 Å². The SMILES string of the molecule is CCc1cc(C(=O)N[C@@H](CCC(=O)OC)C(=O)O)n(C)n1. The van der Waals surface area contributed by atoms with Gasteiger partial charge in [0.15, 0.2) is 0 Å². The Hall–Kier alpha value is -2.38. The molecule has 1 aromatic rings. The molecule has 0 aliphatic rings. The molecule has 1 aromatic heterocycles. The summed E-state index contributed by atoms with van der Waals surface area (Å²) in [5.74, 6) is -2.27. The van der Waals surface area contributed by atoms with E-state index in [1.165, 1.54) is 11.8 Å². The molecule has 21 heavy (non-hydrogen) atoms. The standard InChI is InChI=1S/C13H19N3O5/c1-4-8-7-10(16(2)15-8)12(18)14-9(13(19)20)5-6-11(17)21-3/h7,9H,4-6H2,1-3H3,(H,14,18)(H,19,20)/t9-/m0/s1. The van der Waals surface area contributed by atoms with Crippen molar-refractivity contribution in [1.29, 1.82) is 0 Å². The summed E-state index contributed by atoms with van der Waals surface area (Å²) in [5.41, 5.74) is 1.01. The van der Waals surface area contributed by atoms with Crippen molar-refractivity contribution in [2.24, 2.45) is 7.05 Å². The maximum Gasteiger partial charge on any atom is 0.326 e. The molecule has 0 saturated carbocycles. The molecule has 1 rings (SSSR count). The van der Waals surface area contributed by atoms with Gasteiger partial charge in [0.25, 0.3) is 5.91 Å². The van der Waals surface area contributed by atoms with Crippen LogP contribution < -0.4 is 5.32 Å². The normalized spacial score (nSPS) is 11.8. The van der Waals surface area contributed by atoms with Crippen molar-refractivity contribution < 1.29 is 24.2 Å². The van der Waals surface area contributed by atoms with Gasteiger partial charge in [-0.25, -0.2) is 4.79 Å². The monoisotopic (exact) mass is 297 g/mol. The molecule has 1 heterocycles. The van der Waals surface area contributed by atoms with Crippen LogP contribution in [0.25, 0.3) is 0 Å². The number of hydrogen-bond donors (Lipinski definition) is 2. The van der Waals surface area contributed by atoms with Gasteiger partial charge < -0.3 is 15.2 Å². The summed E-state index contributed by atoms with van der Waals surface area (Å²) < 4.78 is 5.84. The molecule has 116 valence electrons. The molecule has 0 bridgehead atoms. The summed E-state index contributed by atoms with van der Waals surface area (Å²) in [6, 6.07) is 0.450. The Labute approximate surface area is 122 Å². The lowest BCUT2D eigenvalue weighted by molar-refractivity contribution is -0.142. The number of carboxylic acids is 1. The van der Waals surface area contributed by atoms with Crippen molar-refractivity contribution in [3.63, 3.8) is 0 Å². The molecular weight excluding hydrogens is 278 g/mol. The van der Waals surface area contributed by atoms with Crippen molar-refractivity contribution in [2.45, 2.75) is 32.2 Å². The highest BCUT2D eigenvalue weighted by Crippen LogP contribution is 2.06. The second kappa shape index (κ2) is 7.41. The molecule has 0 aliphatic heterocycles. The summed E-state index contributed by atoms with van der Waals surface area (Å²) in [5, 5.41) is 15.6. The Morgan fingerprint density at radius 3 is 2.62 bits per heavy atom. The van der Waals surface area contributed by atoms with Crippen molar-refractivity contribution in [3.05, 3.63) is 17.5 Å². The number of carbonyl (C=O) groups excluding carboxylic acids is 2.